The summed E-state index contributed by atoms with van der Waals surface area (Å²) in [6.45, 7) is 12.0. The predicted octanol–water partition coefficient (Wildman–Crippen LogP) is 13.4. The third-order valence-corrected chi connectivity index (χ3v) is 6.82. The first-order chi connectivity index (χ1) is 22.3. The van der Waals surface area contributed by atoms with Gasteiger partial charge in [-0.15, -0.1) is 0 Å². The van der Waals surface area contributed by atoms with E-state index in [-0.39, 0.29) is 0 Å². The molecule has 0 saturated heterocycles. The number of hydrogen-bond donors (Lipinski definition) is 1. The number of nitrogens with one attached hydrogen (secondary N) is 1. The number of anilines is 7. The molecule has 5 aromatic carbocycles. The minimum atomic E-state index is 1.05. The Balaban J connectivity index is 0.000000870. The van der Waals surface area contributed by atoms with Crippen LogP contribution in [0.1, 0.15) is 54.4 Å². The van der Waals surface area contributed by atoms with Gasteiger partial charge in [0.25, 0.3) is 0 Å². The maximum Gasteiger partial charge on any atom is 0.0463 e. The lowest BCUT2D eigenvalue weighted by atomic mass is 10.1. The number of allylic oxidation sites excluding steroid dienone is 3. The topological polar surface area (TPSA) is 18.5 Å². The van der Waals surface area contributed by atoms with Gasteiger partial charge in [-0.05, 0) is 104 Å². The van der Waals surface area contributed by atoms with Crippen molar-refractivity contribution in [1.82, 2.24) is 0 Å². The molecule has 0 fully saturated rings. The maximum atomic E-state index is 3.57. The molecule has 0 unspecified atom stereocenters. The van der Waals surface area contributed by atoms with E-state index < -0.39 is 0 Å². The smallest absolute Gasteiger partial charge is 0.0463 e. The summed E-state index contributed by atoms with van der Waals surface area (Å²) >= 11 is 0. The highest BCUT2D eigenvalue weighted by molar-refractivity contribution is 5.78. The van der Waals surface area contributed by atoms with E-state index in [0.717, 1.165) is 52.7 Å². The molecule has 0 atom stereocenters. The Labute approximate surface area is 272 Å². The van der Waals surface area contributed by atoms with Crippen molar-refractivity contribution in [2.24, 2.45) is 0 Å². The van der Waals surface area contributed by atoms with Gasteiger partial charge in [-0.1, -0.05) is 108 Å². The fourth-order valence-corrected chi connectivity index (χ4v) is 4.95. The van der Waals surface area contributed by atoms with E-state index in [2.05, 4.69) is 161 Å². The van der Waals surface area contributed by atoms with Crippen LogP contribution in [-0.2, 0) is 0 Å². The SMILES string of the molecule is C1=CC(N(c2ccccc2)c2ccc(Nc3ccc(N(c4ccccc4)c4ccccc4)cc3)cc2)=CCC1.CC.CC.CC. The number of benzene rings is 5. The van der Waals surface area contributed by atoms with Crippen LogP contribution in [0.4, 0.5) is 39.8 Å². The van der Waals surface area contributed by atoms with E-state index in [9.17, 15) is 0 Å². The molecule has 0 spiro atoms. The van der Waals surface area contributed by atoms with E-state index in [1.165, 1.54) is 5.70 Å². The molecule has 3 nitrogen and oxygen atoms in total. The van der Waals surface area contributed by atoms with Crippen LogP contribution in [0.5, 0.6) is 0 Å². The Morgan fingerprint density at radius 2 is 0.756 bits per heavy atom. The zero-order chi connectivity index (χ0) is 32.3. The van der Waals surface area contributed by atoms with Crippen molar-refractivity contribution in [3.8, 4) is 0 Å². The fourth-order valence-electron chi connectivity index (χ4n) is 4.95. The molecule has 1 aliphatic rings. The summed E-state index contributed by atoms with van der Waals surface area (Å²) < 4.78 is 0. The van der Waals surface area contributed by atoms with E-state index in [4.69, 9.17) is 0 Å². The molecule has 1 aliphatic carbocycles. The third-order valence-electron chi connectivity index (χ3n) is 6.82. The van der Waals surface area contributed by atoms with Gasteiger partial charge < -0.3 is 15.1 Å². The van der Waals surface area contributed by atoms with Gasteiger partial charge >= 0.3 is 0 Å². The number of nitrogens with zero attached hydrogens (tertiary/aromatic N) is 2. The molecule has 0 heterocycles. The molecular weight excluding hydrogens is 546 g/mol. The molecule has 0 saturated carbocycles. The maximum absolute atomic E-state index is 3.57. The van der Waals surface area contributed by atoms with Crippen molar-refractivity contribution < 1.29 is 0 Å². The molecular formula is C42H49N3. The molecule has 0 aromatic heterocycles. The first kappa shape index (κ1) is 34.5. The van der Waals surface area contributed by atoms with Crippen LogP contribution in [0.2, 0.25) is 0 Å². The second-order valence-electron chi connectivity index (χ2n) is 9.50. The third kappa shape index (κ3) is 9.48. The zero-order valence-electron chi connectivity index (χ0n) is 27.8. The molecule has 1 N–H and O–H groups in total. The minimum absolute atomic E-state index is 1.05. The van der Waals surface area contributed by atoms with Crippen LogP contribution in [0.25, 0.3) is 0 Å². The van der Waals surface area contributed by atoms with E-state index >= 15 is 0 Å². The summed E-state index contributed by atoms with van der Waals surface area (Å²) in [4.78, 5) is 4.58. The van der Waals surface area contributed by atoms with E-state index in [0.29, 0.717) is 0 Å². The Bertz CT molecular complexity index is 1500. The Morgan fingerprint density at radius 1 is 0.400 bits per heavy atom. The van der Waals surface area contributed by atoms with Crippen LogP contribution in [-0.4, -0.2) is 0 Å². The van der Waals surface area contributed by atoms with Crippen molar-refractivity contribution in [2.45, 2.75) is 54.4 Å². The second kappa shape index (κ2) is 19.3. The monoisotopic (exact) mass is 595 g/mol. The van der Waals surface area contributed by atoms with Gasteiger partial charge in [0.1, 0.15) is 0 Å². The molecule has 5 aromatic rings. The van der Waals surface area contributed by atoms with Crippen molar-refractivity contribution in [3.63, 3.8) is 0 Å². The van der Waals surface area contributed by atoms with Crippen LogP contribution in [0.15, 0.2) is 163 Å². The number of rotatable bonds is 8. The normalized spacial score (nSPS) is 11.2. The van der Waals surface area contributed by atoms with Gasteiger partial charge in [-0.3, -0.25) is 0 Å². The molecule has 3 heteroatoms. The highest BCUT2D eigenvalue weighted by Gasteiger charge is 2.14. The molecule has 6 rings (SSSR count). The fraction of sp³-hybridized carbons (Fsp3) is 0.190. The first-order valence-electron chi connectivity index (χ1n) is 16.4. The lowest BCUT2D eigenvalue weighted by Gasteiger charge is -2.27. The summed E-state index contributed by atoms with van der Waals surface area (Å²) in [5.74, 6) is 0. The molecule has 0 bridgehead atoms. The first-order valence-corrected chi connectivity index (χ1v) is 16.4. The van der Waals surface area contributed by atoms with Gasteiger partial charge in [0.05, 0.1) is 0 Å². The Kier molecular flexibility index (Phi) is 14.8. The van der Waals surface area contributed by atoms with Crippen LogP contribution in [0.3, 0.4) is 0 Å². The van der Waals surface area contributed by atoms with Crippen molar-refractivity contribution >= 4 is 39.8 Å². The van der Waals surface area contributed by atoms with Crippen LogP contribution in [0, 0.1) is 0 Å². The van der Waals surface area contributed by atoms with Crippen LogP contribution >= 0.6 is 0 Å². The van der Waals surface area contributed by atoms with E-state index in [1.807, 2.05) is 53.7 Å². The van der Waals surface area contributed by atoms with Gasteiger partial charge in [0.2, 0.25) is 0 Å². The minimum Gasteiger partial charge on any atom is -0.356 e. The second-order valence-corrected chi connectivity index (χ2v) is 9.50. The number of para-hydroxylation sites is 3. The van der Waals surface area contributed by atoms with Gasteiger partial charge in [-0.2, -0.15) is 0 Å². The van der Waals surface area contributed by atoms with Crippen molar-refractivity contribution in [3.05, 3.63) is 163 Å². The Hall–Kier alpha value is -5.02. The molecule has 0 aliphatic heterocycles. The average molecular weight is 596 g/mol. The van der Waals surface area contributed by atoms with Crippen LogP contribution < -0.4 is 15.1 Å². The van der Waals surface area contributed by atoms with Gasteiger partial charge in [-0.25, -0.2) is 0 Å². The van der Waals surface area contributed by atoms with E-state index in [1.54, 1.807) is 0 Å². The zero-order valence-corrected chi connectivity index (χ0v) is 27.8. The van der Waals surface area contributed by atoms with Crippen molar-refractivity contribution in [2.75, 3.05) is 15.1 Å². The highest BCUT2D eigenvalue weighted by atomic mass is 15.1. The number of hydrogen-bond acceptors (Lipinski definition) is 3. The lowest BCUT2D eigenvalue weighted by Crippen LogP contribution is -2.16. The standard InChI is InChI=1S/C36H31N3.3C2H6/c1-5-13-31(14-6-1)38(32-15-7-2-8-16-32)35-25-21-29(22-26-35)37-30-23-27-36(28-24-30)39(33-17-9-3-10-18-33)34-19-11-4-12-20-34;3*1-2/h1-3,5-11,13-28,37H,4,12H2;3*1-2H3. The molecule has 0 radical (unpaired) electrons. The molecule has 232 valence electrons. The van der Waals surface area contributed by atoms with Gasteiger partial charge in [0.15, 0.2) is 0 Å². The summed E-state index contributed by atoms with van der Waals surface area (Å²) in [7, 11) is 0. The predicted molar refractivity (Wildman–Crippen MR) is 200 cm³/mol. The molecule has 0 amide bonds. The van der Waals surface area contributed by atoms with Gasteiger partial charge in [0, 0.05) is 45.5 Å². The highest BCUT2D eigenvalue weighted by Crippen LogP contribution is 2.36. The van der Waals surface area contributed by atoms with Crippen molar-refractivity contribution in [1.29, 1.82) is 0 Å². The lowest BCUT2D eigenvalue weighted by molar-refractivity contribution is 0.997. The molecule has 45 heavy (non-hydrogen) atoms. The summed E-state index contributed by atoms with van der Waals surface area (Å²) in [6.07, 6.45) is 8.95. The Morgan fingerprint density at radius 3 is 1.13 bits per heavy atom. The largest absolute Gasteiger partial charge is 0.356 e. The summed E-state index contributed by atoms with van der Waals surface area (Å²) in [5, 5.41) is 3.57. The summed E-state index contributed by atoms with van der Waals surface area (Å²) in [5.41, 5.74) is 8.98. The quantitative estimate of drug-likeness (QED) is 0.192. The average Bonchev–Trinajstić information content (AvgIpc) is 3.14. The summed E-state index contributed by atoms with van der Waals surface area (Å²) in [6, 6.07) is 48.7.